The molecular weight excluding hydrogens is 234 g/mol. The minimum Gasteiger partial charge on any atom is -0.392 e. The zero-order valence-electron chi connectivity index (χ0n) is 10.5. The highest BCUT2D eigenvalue weighted by atomic mass is 16.3. The molecule has 0 saturated carbocycles. The Balaban J connectivity index is 1.93. The highest BCUT2D eigenvalue weighted by Gasteiger charge is 2.33. The van der Waals surface area contributed by atoms with Crippen LogP contribution in [-0.4, -0.2) is 16.2 Å². The van der Waals surface area contributed by atoms with Crippen LogP contribution >= 0.6 is 0 Å². The van der Waals surface area contributed by atoms with Crippen molar-refractivity contribution in [2.24, 2.45) is 0 Å². The first-order chi connectivity index (χ1) is 9.34. The van der Waals surface area contributed by atoms with Crippen LogP contribution < -0.4 is 0 Å². The summed E-state index contributed by atoms with van der Waals surface area (Å²) in [6.45, 7) is 0. The zero-order chi connectivity index (χ0) is 12.8. The minimum atomic E-state index is -0.323. The van der Waals surface area contributed by atoms with Crippen molar-refractivity contribution in [1.29, 1.82) is 0 Å². The van der Waals surface area contributed by atoms with E-state index in [9.17, 15) is 5.11 Å². The number of benzene rings is 2. The van der Waals surface area contributed by atoms with Crippen LogP contribution in [0.5, 0.6) is 0 Å². The summed E-state index contributed by atoms with van der Waals surface area (Å²) in [5.41, 5.74) is 4.87. The van der Waals surface area contributed by atoms with Crippen LogP contribution in [0.4, 0.5) is 0 Å². The molecule has 1 aromatic heterocycles. The van der Waals surface area contributed by atoms with E-state index in [0.717, 1.165) is 11.9 Å². The highest BCUT2D eigenvalue weighted by Crippen LogP contribution is 2.40. The fraction of sp³-hybridized carbons (Fsp3) is 0.176. The Labute approximate surface area is 111 Å². The van der Waals surface area contributed by atoms with Crippen molar-refractivity contribution in [3.05, 3.63) is 71.4 Å². The summed E-state index contributed by atoms with van der Waals surface area (Å²) in [6.07, 6.45) is 2.47. The average Bonchev–Trinajstić information content (AvgIpc) is 2.98. The molecule has 1 heterocycles. The lowest BCUT2D eigenvalue weighted by Crippen LogP contribution is -2.14. The number of nitrogens with one attached hydrogen (secondary N) is 1. The summed E-state index contributed by atoms with van der Waals surface area (Å²) < 4.78 is 0. The fourth-order valence-corrected chi connectivity index (χ4v) is 3.30. The summed E-state index contributed by atoms with van der Waals surface area (Å²) in [5.74, 6) is 0.0901. The maximum Gasteiger partial charge on any atom is 0.0690 e. The first kappa shape index (κ1) is 10.8. The van der Waals surface area contributed by atoms with E-state index in [1.165, 1.54) is 22.1 Å². The van der Waals surface area contributed by atoms with Crippen molar-refractivity contribution in [3.63, 3.8) is 0 Å². The molecule has 1 aliphatic rings. The molecule has 3 aromatic rings. The molecule has 4 rings (SSSR count). The Morgan fingerprint density at radius 1 is 0.947 bits per heavy atom. The van der Waals surface area contributed by atoms with Gasteiger partial charge in [-0.05, 0) is 29.2 Å². The fourth-order valence-electron chi connectivity index (χ4n) is 3.30. The van der Waals surface area contributed by atoms with Gasteiger partial charge in [0.15, 0.2) is 0 Å². The van der Waals surface area contributed by atoms with Crippen molar-refractivity contribution < 1.29 is 5.11 Å². The minimum absolute atomic E-state index is 0.0901. The van der Waals surface area contributed by atoms with Crippen molar-refractivity contribution in [1.82, 2.24) is 4.98 Å². The number of H-pyrrole nitrogens is 1. The average molecular weight is 249 g/mol. The Morgan fingerprint density at radius 2 is 1.74 bits per heavy atom. The van der Waals surface area contributed by atoms with Crippen molar-refractivity contribution in [2.75, 3.05) is 0 Å². The molecule has 2 nitrogen and oxygen atoms in total. The van der Waals surface area contributed by atoms with Crippen molar-refractivity contribution in [2.45, 2.75) is 18.4 Å². The Kier molecular flexibility index (Phi) is 2.26. The summed E-state index contributed by atoms with van der Waals surface area (Å²) in [4.78, 5) is 3.31. The van der Waals surface area contributed by atoms with E-state index < -0.39 is 0 Å². The van der Waals surface area contributed by atoms with E-state index in [2.05, 4.69) is 35.3 Å². The van der Waals surface area contributed by atoms with Gasteiger partial charge in [-0.3, -0.25) is 0 Å². The molecule has 1 aliphatic carbocycles. The molecule has 0 unspecified atom stereocenters. The van der Waals surface area contributed by atoms with Gasteiger partial charge in [0.25, 0.3) is 0 Å². The maximum atomic E-state index is 10.4. The summed E-state index contributed by atoms with van der Waals surface area (Å²) >= 11 is 0. The Morgan fingerprint density at radius 3 is 2.68 bits per heavy atom. The zero-order valence-corrected chi connectivity index (χ0v) is 10.5. The smallest absolute Gasteiger partial charge is 0.0690 e. The SMILES string of the molecule is O[C@@H]1Cc2ccccc2[C@H]1c1c[nH]c2ccccc12. The van der Waals surface area contributed by atoms with E-state index in [0.29, 0.717) is 0 Å². The molecule has 19 heavy (non-hydrogen) atoms. The topological polar surface area (TPSA) is 36.0 Å². The lowest BCUT2D eigenvalue weighted by Gasteiger charge is -2.15. The largest absolute Gasteiger partial charge is 0.392 e. The predicted octanol–water partition coefficient (Wildman–Crippen LogP) is 3.22. The van der Waals surface area contributed by atoms with Gasteiger partial charge in [0.1, 0.15) is 0 Å². The second-order valence-corrected chi connectivity index (χ2v) is 5.24. The summed E-state index contributed by atoms with van der Waals surface area (Å²) in [6, 6.07) is 16.6. The summed E-state index contributed by atoms with van der Waals surface area (Å²) in [5, 5.41) is 11.6. The Hall–Kier alpha value is -2.06. The lowest BCUT2D eigenvalue weighted by atomic mass is 9.91. The van der Waals surface area contributed by atoms with Crippen LogP contribution in [0.25, 0.3) is 10.9 Å². The van der Waals surface area contributed by atoms with Gasteiger partial charge >= 0.3 is 0 Å². The van der Waals surface area contributed by atoms with E-state index in [1.54, 1.807) is 0 Å². The molecule has 0 amide bonds. The van der Waals surface area contributed by atoms with Gasteiger partial charge in [0.05, 0.1) is 6.10 Å². The second kappa shape index (κ2) is 3.97. The van der Waals surface area contributed by atoms with Crippen molar-refractivity contribution >= 4 is 10.9 Å². The number of hydrogen-bond acceptors (Lipinski definition) is 1. The van der Waals surface area contributed by atoms with E-state index in [1.807, 2.05) is 24.4 Å². The summed E-state index contributed by atoms with van der Waals surface area (Å²) in [7, 11) is 0. The normalized spacial score (nSPS) is 21.7. The van der Waals surface area contributed by atoms with Crippen LogP contribution in [0.15, 0.2) is 54.7 Å². The number of fused-ring (bicyclic) bond motifs is 2. The molecule has 2 N–H and O–H groups in total. The van der Waals surface area contributed by atoms with Crippen LogP contribution in [0.1, 0.15) is 22.6 Å². The van der Waals surface area contributed by atoms with Crippen LogP contribution in [0.2, 0.25) is 0 Å². The van der Waals surface area contributed by atoms with Crippen LogP contribution in [0.3, 0.4) is 0 Å². The number of para-hydroxylation sites is 1. The molecule has 94 valence electrons. The second-order valence-electron chi connectivity index (χ2n) is 5.24. The molecule has 2 atom stereocenters. The maximum absolute atomic E-state index is 10.4. The van der Waals surface area contributed by atoms with Gasteiger partial charge in [-0.2, -0.15) is 0 Å². The molecular formula is C17H15NO. The number of aliphatic hydroxyl groups excluding tert-OH is 1. The highest BCUT2D eigenvalue weighted by molar-refractivity contribution is 5.84. The molecule has 0 fully saturated rings. The number of aliphatic hydroxyl groups is 1. The first-order valence-corrected chi connectivity index (χ1v) is 6.66. The van der Waals surface area contributed by atoms with Gasteiger partial charge < -0.3 is 10.1 Å². The Bertz CT molecular complexity index is 744. The molecule has 0 spiro atoms. The number of rotatable bonds is 1. The van der Waals surface area contributed by atoms with E-state index in [4.69, 9.17) is 0 Å². The first-order valence-electron chi connectivity index (χ1n) is 6.66. The third-order valence-electron chi connectivity index (χ3n) is 4.16. The molecule has 0 aliphatic heterocycles. The lowest BCUT2D eigenvalue weighted by molar-refractivity contribution is 0.170. The molecule has 0 saturated heterocycles. The molecule has 2 heteroatoms. The number of aromatic amines is 1. The van der Waals surface area contributed by atoms with E-state index >= 15 is 0 Å². The molecule has 2 aromatic carbocycles. The van der Waals surface area contributed by atoms with Gasteiger partial charge in [-0.15, -0.1) is 0 Å². The van der Waals surface area contributed by atoms with Gasteiger partial charge in [0.2, 0.25) is 0 Å². The third kappa shape index (κ3) is 1.53. The van der Waals surface area contributed by atoms with Crippen LogP contribution in [-0.2, 0) is 6.42 Å². The van der Waals surface area contributed by atoms with E-state index in [-0.39, 0.29) is 12.0 Å². The van der Waals surface area contributed by atoms with Crippen molar-refractivity contribution in [3.8, 4) is 0 Å². The van der Waals surface area contributed by atoms with Gasteiger partial charge in [0, 0.05) is 23.0 Å². The van der Waals surface area contributed by atoms with Crippen LogP contribution in [0, 0.1) is 0 Å². The predicted molar refractivity (Wildman–Crippen MR) is 76.3 cm³/mol. The number of aromatic nitrogens is 1. The van der Waals surface area contributed by atoms with Gasteiger partial charge in [-0.1, -0.05) is 42.5 Å². The third-order valence-corrected chi connectivity index (χ3v) is 4.16. The molecule has 0 radical (unpaired) electrons. The quantitative estimate of drug-likeness (QED) is 0.682. The van der Waals surface area contributed by atoms with Gasteiger partial charge in [-0.25, -0.2) is 0 Å². The molecule has 0 bridgehead atoms. The number of hydrogen-bond donors (Lipinski definition) is 2. The standard InChI is InChI=1S/C17H15NO/c19-16-9-11-5-1-2-6-12(11)17(16)14-10-18-15-8-4-3-7-13(14)15/h1-8,10,16-19H,9H2/t16-,17+/m1/s1. The monoisotopic (exact) mass is 249 g/mol.